The van der Waals surface area contributed by atoms with E-state index in [9.17, 15) is 9.90 Å². The Hall–Kier alpha value is -0.570. The van der Waals surface area contributed by atoms with Gasteiger partial charge in [-0.2, -0.15) is 0 Å². The molecular weight excluding hydrogens is 214 g/mol. The van der Waals surface area contributed by atoms with Gasteiger partial charge in [-0.25, -0.2) is 0 Å². The Labute approximate surface area is 106 Å². The van der Waals surface area contributed by atoms with Crippen molar-refractivity contribution < 1.29 is 9.90 Å². The summed E-state index contributed by atoms with van der Waals surface area (Å²) < 4.78 is 0. The van der Waals surface area contributed by atoms with Crippen LogP contribution in [-0.2, 0) is 4.79 Å². The fourth-order valence-electron chi connectivity index (χ4n) is 1.97. The molecule has 0 aromatic carbocycles. The predicted octanol–water partition coefficient (Wildman–Crippen LogP) is 2.58. The van der Waals surface area contributed by atoms with Crippen LogP contribution in [0.3, 0.4) is 0 Å². The highest BCUT2D eigenvalue weighted by Crippen LogP contribution is 2.14. The molecule has 3 unspecified atom stereocenters. The van der Waals surface area contributed by atoms with E-state index in [4.69, 9.17) is 0 Å². The lowest BCUT2D eigenvalue weighted by atomic mass is 9.95. The molecule has 0 aliphatic rings. The molecule has 2 N–H and O–H groups in total. The van der Waals surface area contributed by atoms with Crippen LogP contribution in [0.5, 0.6) is 0 Å². The monoisotopic (exact) mass is 243 g/mol. The number of carbonyl (C=O) groups is 1. The molecule has 0 heterocycles. The van der Waals surface area contributed by atoms with E-state index in [1.54, 1.807) is 0 Å². The van der Waals surface area contributed by atoms with Crippen molar-refractivity contribution in [2.24, 2.45) is 17.8 Å². The van der Waals surface area contributed by atoms with Crippen LogP contribution in [0.2, 0.25) is 0 Å². The van der Waals surface area contributed by atoms with Gasteiger partial charge in [0.25, 0.3) is 0 Å². The molecule has 0 aliphatic carbocycles. The Bertz CT molecular complexity index is 216. The van der Waals surface area contributed by atoms with Crippen LogP contribution in [0.15, 0.2) is 0 Å². The van der Waals surface area contributed by atoms with Gasteiger partial charge in [0, 0.05) is 13.0 Å². The molecule has 0 saturated heterocycles. The predicted molar refractivity (Wildman–Crippen MR) is 71.7 cm³/mol. The van der Waals surface area contributed by atoms with Crippen LogP contribution in [0.25, 0.3) is 0 Å². The lowest BCUT2D eigenvalue weighted by molar-refractivity contribution is -0.122. The summed E-state index contributed by atoms with van der Waals surface area (Å²) in [4.78, 5) is 11.6. The number of aliphatic hydroxyl groups excluding tert-OH is 1. The fourth-order valence-corrected chi connectivity index (χ4v) is 1.97. The van der Waals surface area contributed by atoms with E-state index in [0.717, 1.165) is 12.8 Å². The molecule has 3 heteroatoms. The molecule has 1 amide bonds. The summed E-state index contributed by atoms with van der Waals surface area (Å²) in [5, 5.41) is 12.5. The lowest BCUT2D eigenvalue weighted by Crippen LogP contribution is -2.36. The van der Waals surface area contributed by atoms with Gasteiger partial charge in [-0.1, -0.05) is 41.0 Å². The van der Waals surface area contributed by atoms with Crippen LogP contribution >= 0.6 is 0 Å². The number of aliphatic hydroxyl groups is 1. The summed E-state index contributed by atoms with van der Waals surface area (Å²) in [6, 6.07) is 0. The van der Waals surface area contributed by atoms with Crippen molar-refractivity contribution in [2.75, 3.05) is 6.54 Å². The molecule has 0 fully saturated rings. The molecule has 0 rings (SSSR count). The van der Waals surface area contributed by atoms with Crippen molar-refractivity contribution >= 4 is 5.91 Å². The standard InChI is InChI=1S/C14H29NO2/c1-6-12(5)13(16)9-15-14(17)8-11(4)7-10(2)3/h10-13,16H,6-9H2,1-5H3,(H,15,17). The van der Waals surface area contributed by atoms with Gasteiger partial charge in [-0.15, -0.1) is 0 Å². The molecule has 3 nitrogen and oxygen atoms in total. The van der Waals surface area contributed by atoms with E-state index < -0.39 is 6.10 Å². The van der Waals surface area contributed by atoms with E-state index in [1.807, 2.05) is 13.8 Å². The third kappa shape index (κ3) is 8.19. The molecule has 0 spiro atoms. The second kappa shape index (κ2) is 8.51. The summed E-state index contributed by atoms with van der Waals surface area (Å²) in [6.45, 7) is 10.9. The largest absolute Gasteiger partial charge is 0.391 e. The molecule has 0 saturated carbocycles. The number of hydrogen-bond acceptors (Lipinski definition) is 2. The van der Waals surface area contributed by atoms with Gasteiger partial charge >= 0.3 is 0 Å². The topological polar surface area (TPSA) is 49.3 Å². The van der Waals surface area contributed by atoms with Crippen molar-refractivity contribution in [3.05, 3.63) is 0 Å². The summed E-state index contributed by atoms with van der Waals surface area (Å²) in [7, 11) is 0. The Morgan fingerprint density at radius 1 is 1.24 bits per heavy atom. The van der Waals surface area contributed by atoms with Gasteiger partial charge in [0.15, 0.2) is 0 Å². The number of nitrogens with one attached hydrogen (secondary N) is 1. The van der Waals surface area contributed by atoms with Gasteiger partial charge < -0.3 is 10.4 Å². The van der Waals surface area contributed by atoms with E-state index in [1.165, 1.54) is 0 Å². The first-order valence-corrected chi connectivity index (χ1v) is 6.81. The number of carbonyl (C=O) groups excluding carboxylic acids is 1. The van der Waals surface area contributed by atoms with Crippen LogP contribution < -0.4 is 5.32 Å². The van der Waals surface area contributed by atoms with Gasteiger partial charge in [-0.3, -0.25) is 4.79 Å². The van der Waals surface area contributed by atoms with Crippen LogP contribution in [0, 0.1) is 17.8 Å². The third-order valence-corrected chi connectivity index (χ3v) is 3.22. The van der Waals surface area contributed by atoms with E-state index >= 15 is 0 Å². The van der Waals surface area contributed by atoms with Crippen molar-refractivity contribution in [1.82, 2.24) is 5.32 Å². The maximum Gasteiger partial charge on any atom is 0.220 e. The Morgan fingerprint density at radius 3 is 2.29 bits per heavy atom. The van der Waals surface area contributed by atoms with Gasteiger partial charge in [0.1, 0.15) is 0 Å². The van der Waals surface area contributed by atoms with Crippen molar-refractivity contribution in [2.45, 2.75) is 60.0 Å². The molecular formula is C14H29NO2. The molecule has 3 atom stereocenters. The minimum atomic E-state index is -0.427. The maximum absolute atomic E-state index is 11.6. The van der Waals surface area contributed by atoms with E-state index in [2.05, 4.69) is 26.1 Å². The Morgan fingerprint density at radius 2 is 1.82 bits per heavy atom. The van der Waals surface area contributed by atoms with Gasteiger partial charge in [-0.05, 0) is 24.2 Å². The Kier molecular flexibility index (Phi) is 8.23. The van der Waals surface area contributed by atoms with E-state index in [-0.39, 0.29) is 11.8 Å². The fraction of sp³-hybridized carbons (Fsp3) is 0.929. The highest BCUT2D eigenvalue weighted by molar-refractivity contribution is 5.76. The van der Waals surface area contributed by atoms with Crippen LogP contribution in [-0.4, -0.2) is 23.7 Å². The minimum Gasteiger partial charge on any atom is -0.391 e. The Balaban J connectivity index is 3.79. The van der Waals surface area contributed by atoms with Crippen molar-refractivity contribution in [3.8, 4) is 0 Å². The first-order chi connectivity index (χ1) is 7.86. The minimum absolute atomic E-state index is 0.0560. The average molecular weight is 243 g/mol. The average Bonchev–Trinajstić information content (AvgIpc) is 2.23. The highest BCUT2D eigenvalue weighted by atomic mass is 16.3. The normalized spacial score (nSPS) is 16.6. The SMILES string of the molecule is CCC(C)C(O)CNC(=O)CC(C)CC(C)C. The third-order valence-electron chi connectivity index (χ3n) is 3.22. The van der Waals surface area contributed by atoms with Crippen molar-refractivity contribution in [1.29, 1.82) is 0 Å². The molecule has 102 valence electrons. The first-order valence-electron chi connectivity index (χ1n) is 6.81. The molecule has 0 radical (unpaired) electrons. The maximum atomic E-state index is 11.6. The van der Waals surface area contributed by atoms with Gasteiger partial charge in [0.05, 0.1) is 6.10 Å². The molecule has 0 aromatic rings. The zero-order valence-electron chi connectivity index (χ0n) is 12.0. The summed E-state index contributed by atoms with van der Waals surface area (Å²) in [5.74, 6) is 1.34. The van der Waals surface area contributed by atoms with E-state index in [0.29, 0.717) is 24.8 Å². The van der Waals surface area contributed by atoms with Crippen LogP contribution in [0.4, 0.5) is 0 Å². The zero-order chi connectivity index (χ0) is 13.4. The second-order valence-electron chi connectivity index (χ2n) is 5.70. The summed E-state index contributed by atoms with van der Waals surface area (Å²) in [6.07, 6.45) is 2.14. The molecule has 0 bridgehead atoms. The first kappa shape index (κ1) is 16.4. The smallest absolute Gasteiger partial charge is 0.220 e. The molecule has 17 heavy (non-hydrogen) atoms. The summed E-state index contributed by atoms with van der Waals surface area (Å²) >= 11 is 0. The second-order valence-corrected chi connectivity index (χ2v) is 5.70. The van der Waals surface area contributed by atoms with Crippen LogP contribution in [0.1, 0.15) is 53.9 Å². The zero-order valence-corrected chi connectivity index (χ0v) is 12.0. The lowest BCUT2D eigenvalue weighted by Gasteiger charge is -2.18. The number of amides is 1. The van der Waals surface area contributed by atoms with Gasteiger partial charge in [0.2, 0.25) is 5.91 Å². The highest BCUT2D eigenvalue weighted by Gasteiger charge is 2.15. The number of rotatable bonds is 8. The quantitative estimate of drug-likeness (QED) is 0.688. The summed E-state index contributed by atoms with van der Waals surface area (Å²) in [5.41, 5.74) is 0. The van der Waals surface area contributed by atoms with Crippen molar-refractivity contribution in [3.63, 3.8) is 0 Å². The number of hydrogen-bond donors (Lipinski definition) is 2. The molecule has 0 aliphatic heterocycles. The molecule has 0 aromatic heterocycles.